The average molecular weight is 370 g/mol. The smallest absolute Gasteiger partial charge is 0.240 e. The number of benzene rings is 2. The molecule has 0 amide bonds. The highest BCUT2D eigenvalue weighted by Gasteiger charge is 2.12. The summed E-state index contributed by atoms with van der Waals surface area (Å²) in [5.41, 5.74) is 7.00. The number of rotatable bonds is 10. The maximum absolute atomic E-state index is 12.9. The third-order valence-corrected chi connectivity index (χ3v) is 4.06. The first-order chi connectivity index (χ1) is 13.2. The van der Waals surface area contributed by atoms with Crippen LogP contribution in [0.3, 0.4) is 0 Å². The van der Waals surface area contributed by atoms with Crippen LogP contribution in [0.1, 0.15) is 17.3 Å². The second kappa shape index (κ2) is 9.80. The van der Waals surface area contributed by atoms with Gasteiger partial charge < -0.3 is 15.0 Å². The molecule has 0 radical (unpaired) electrons. The van der Waals surface area contributed by atoms with E-state index in [4.69, 9.17) is 15.0 Å². The number of hydrogen-bond donors (Lipinski definition) is 1. The van der Waals surface area contributed by atoms with Crippen molar-refractivity contribution >= 4 is 0 Å². The molecule has 0 aliphatic carbocycles. The molecular weight excluding hydrogens is 347 g/mol. The van der Waals surface area contributed by atoms with Crippen molar-refractivity contribution in [1.82, 2.24) is 15.0 Å². The third kappa shape index (κ3) is 6.16. The van der Waals surface area contributed by atoms with E-state index in [2.05, 4.69) is 27.2 Å². The molecule has 27 heavy (non-hydrogen) atoms. The Hall–Kier alpha value is -2.77. The molecule has 0 atom stereocenters. The molecule has 2 N–H and O–H groups in total. The second-order valence-corrected chi connectivity index (χ2v) is 6.15. The molecule has 0 saturated carbocycles. The van der Waals surface area contributed by atoms with Crippen LogP contribution in [0, 0.1) is 5.82 Å². The maximum atomic E-state index is 12.9. The summed E-state index contributed by atoms with van der Waals surface area (Å²) >= 11 is 0. The number of aromatic nitrogens is 2. The standard InChI is InChI=1S/C20H23FN4O2/c21-17-6-8-18(9-7-17)26-15-19-23-20(27-24-19)14-25(13-11-22)12-10-16-4-2-1-3-5-16/h1-9H,10-15,22H2. The first-order valence-corrected chi connectivity index (χ1v) is 8.89. The molecule has 0 unspecified atom stereocenters. The lowest BCUT2D eigenvalue weighted by Crippen LogP contribution is -2.31. The van der Waals surface area contributed by atoms with E-state index in [9.17, 15) is 4.39 Å². The van der Waals surface area contributed by atoms with Crippen molar-refractivity contribution in [2.45, 2.75) is 19.6 Å². The lowest BCUT2D eigenvalue weighted by Gasteiger charge is -2.19. The van der Waals surface area contributed by atoms with Crippen LogP contribution in [0.25, 0.3) is 0 Å². The summed E-state index contributed by atoms with van der Waals surface area (Å²) in [5.74, 6) is 1.22. The van der Waals surface area contributed by atoms with Gasteiger partial charge >= 0.3 is 0 Å². The van der Waals surface area contributed by atoms with Crippen molar-refractivity contribution in [3.05, 3.63) is 77.7 Å². The fourth-order valence-corrected chi connectivity index (χ4v) is 2.67. The van der Waals surface area contributed by atoms with Gasteiger partial charge in [-0.25, -0.2) is 4.39 Å². The van der Waals surface area contributed by atoms with E-state index in [-0.39, 0.29) is 12.4 Å². The Morgan fingerprint density at radius 1 is 1.04 bits per heavy atom. The minimum atomic E-state index is -0.306. The zero-order valence-corrected chi connectivity index (χ0v) is 15.1. The van der Waals surface area contributed by atoms with Gasteiger partial charge in [0.1, 0.15) is 11.6 Å². The molecule has 1 aromatic heterocycles. The van der Waals surface area contributed by atoms with E-state index in [0.717, 1.165) is 19.5 Å². The lowest BCUT2D eigenvalue weighted by atomic mass is 10.1. The van der Waals surface area contributed by atoms with Crippen LogP contribution >= 0.6 is 0 Å². The number of ether oxygens (including phenoxy) is 1. The summed E-state index contributed by atoms with van der Waals surface area (Å²) in [6, 6.07) is 16.1. The van der Waals surface area contributed by atoms with E-state index >= 15 is 0 Å². The van der Waals surface area contributed by atoms with Gasteiger partial charge in [-0.2, -0.15) is 4.98 Å². The molecule has 0 fully saturated rings. The molecule has 0 aliphatic heterocycles. The minimum Gasteiger partial charge on any atom is -0.485 e. The van der Waals surface area contributed by atoms with E-state index in [1.807, 2.05) is 18.2 Å². The Labute approximate surface area is 157 Å². The van der Waals surface area contributed by atoms with Crippen LogP contribution < -0.4 is 10.5 Å². The molecule has 0 saturated heterocycles. The summed E-state index contributed by atoms with van der Waals surface area (Å²) in [5, 5.41) is 3.94. The Kier molecular flexibility index (Phi) is 6.90. The van der Waals surface area contributed by atoms with Gasteiger partial charge in [0.25, 0.3) is 0 Å². The van der Waals surface area contributed by atoms with Gasteiger partial charge in [-0.1, -0.05) is 35.5 Å². The van der Waals surface area contributed by atoms with Crippen molar-refractivity contribution in [2.24, 2.45) is 5.73 Å². The first kappa shape index (κ1) is 19.0. The van der Waals surface area contributed by atoms with E-state index < -0.39 is 0 Å². The molecule has 0 bridgehead atoms. The average Bonchev–Trinajstić information content (AvgIpc) is 3.14. The van der Waals surface area contributed by atoms with Crippen molar-refractivity contribution in [1.29, 1.82) is 0 Å². The molecule has 1 heterocycles. The fourth-order valence-electron chi connectivity index (χ4n) is 2.67. The van der Waals surface area contributed by atoms with Crippen LogP contribution in [-0.4, -0.2) is 34.7 Å². The highest BCUT2D eigenvalue weighted by molar-refractivity contribution is 5.22. The summed E-state index contributed by atoms with van der Waals surface area (Å²) in [4.78, 5) is 6.55. The SMILES string of the molecule is NCCN(CCc1ccccc1)Cc1nc(COc2ccc(F)cc2)no1. The van der Waals surface area contributed by atoms with Gasteiger partial charge in [-0.3, -0.25) is 4.90 Å². The molecule has 7 heteroatoms. The van der Waals surface area contributed by atoms with Crippen LogP contribution in [0.2, 0.25) is 0 Å². The van der Waals surface area contributed by atoms with Gasteiger partial charge in [0.05, 0.1) is 6.54 Å². The highest BCUT2D eigenvalue weighted by Crippen LogP contribution is 2.13. The fraction of sp³-hybridized carbons (Fsp3) is 0.300. The number of hydrogen-bond acceptors (Lipinski definition) is 6. The topological polar surface area (TPSA) is 77.4 Å². The molecule has 3 aromatic rings. The molecule has 2 aromatic carbocycles. The summed E-state index contributed by atoms with van der Waals surface area (Å²) in [7, 11) is 0. The first-order valence-electron chi connectivity index (χ1n) is 8.89. The van der Waals surface area contributed by atoms with E-state index in [1.165, 1.54) is 17.7 Å². The predicted octanol–water partition coefficient (Wildman–Crippen LogP) is 2.79. The molecule has 0 spiro atoms. The number of halogens is 1. The molecule has 142 valence electrons. The Balaban J connectivity index is 1.51. The molecule has 3 rings (SSSR count). The van der Waals surface area contributed by atoms with Gasteiger partial charge in [0, 0.05) is 19.6 Å². The molecular formula is C20H23FN4O2. The van der Waals surface area contributed by atoms with Gasteiger partial charge in [0.15, 0.2) is 6.61 Å². The quantitative estimate of drug-likeness (QED) is 0.591. The zero-order chi connectivity index (χ0) is 18.9. The number of nitrogens with zero attached hydrogens (tertiary/aromatic N) is 3. The van der Waals surface area contributed by atoms with Crippen LogP contribution in [0.5, 0.6) is 5.75 Å². The van der Waals surface area contributed by atoms with Crippen molar-refractivity contribution in [3.63, 3.8) is 0 Å². The maximum Gasteiger partial charge on any atom is 0.240 e. The van der Waals surface area contributed by atoms with Crippen LogP contribution in [-0.2, 0) is 19.6 Å². The Bertz CT molecular complexity index is 808. The largest absolute Gasteiger partial charge is 0.485 e. The third-order valence-electron chi connectivity index (χ3n) is 4.06. The van der Waals surface area contributed by atoms with Crippen molar-refractivity contribution in [3.8, 4) is 5.75 Å². The monoisotopic (exact) mass is 370 g/mol. The van der Waals surface area contributed by atoms with E-state index in [0.29, 0.717) is 30.6 Å². The molecule has 6 nitrogen and oxygen atoms in total. The van der Waals surface area contributed by atoms with E-state index in [1.54, 1.807) is 12.1 Å². The van der Waals surface area contributed by atoms with Crippen molar-refractivity contribution in [2.75, 3.05) is 19.6 Å². The van der Waals surface area contributed by atoms with Gasteiger partial charge in [-0.15, -0.1) is 0 Å². The Morgan fingerprint density at radius 3 is 2.56 bits per heavy atom. The van der Waals surface area contributed by atoms with Crippen molar-refractivity contribution < 1.29 is 13.7 Å². The minimum absolute atomic E-state index is 0.163. The highest BCUT2D eigenvalue weighted by atomic mass is 19.1. The van der Waals surface area contributed by atoms with Crippen LogP contribution in [0.4, 0.5) is 4.39 Å². The summed E-state index contributed by atoms with van der Waals surface area (Å²) in [6.45, 7) is 2.86. The lowest BCUT2D eigenvalue weighted by molar-refractivity contribution is 0.232. The summed E-state index contributed by atoms with van der Waals surface area (Å²) in [6.07, 6.45) is 0.926. The van der Waals surface area contributed by atoms with Gasteiger partial charge in [-0.05, 0) is 36.2 Å². The normalized spacial score (nSPS) is 11.1. The number of nitrogens with two attached hydrogens (primary N) is 1. The Morgan fingerprint density at radius 2 is 1.81 bits per heavy atom. The van der Waals surface area contributed by atoms with Crippen LogP contribution in [0.15, 0.2) is 59.1 Å². The predicted molar refractivity (Wildman–Crippen MR) is 99.5 cm³/mol. The zero-order valence-electron chi connectivity index (χ0n) is 15.1. The second-order valence-electron chi connectivity index (χ2n) is 6.15. The van der Waals surface area contributed by atoms with Gasteiger partial charge in [0.2, 0.25) is 11.7 Å². The summed E-state index contributed by atoms with van der Waals surface area (Å²) < 4.78 is 23.8. The molecule has 0 aliphatic rings.